The Kier molecular flexibility index (Phi) is 6.20. The van der Waals surface area contributed by atoms with E-state index in [9.17, 15) is 4.79 Å². The molecule has 0 saturated heterocycles. The first-order chi connectivity index (χ1) is 9.40. The number of aryl methyl sites for hydroxylation is 1. The largest absolute Gasteiger partial charge is 0.342 e. The highest BCUT2D eigenvalue weighted by Crippen LogP contribution is 2.13. The lowest BCUT2D eigenvalue weighted by Crippen LogP contribution is -2.34. The number of nitrogens with zero attached hydrogens (tertiary/aromatic N) is 3. The Morgan fingerprint density at radius 1 is 1.30 bits per heavy atom. The van der Waals surface area contributed by atoms with Crippen LogP contribution in [0.4, 0.5) is 0 Å². The predicted molar refractivity (Wildman–Crippen MR) is 81.6 cm³/mol. The Morgan fingerprint density at radius 3 is 2.40 bits per heavy atom. The Hall–Kier alpha value is -1.36. The third-order valence-electron chi connectivity index (χ3n) is 3.62. The van der Waals surface area contributed by atoms with Crippen molar-refractivity contribution in [3.05, 3.63) is 17.0 Å². The molecule has 5 nitrogen and oxygen atoms in total. The summed E-state index contributed by atoms with van der Waals surface area (Å²) in [6.07, 6.45) is 0. The first-order valence-corrected chi connectivity index (χ1v) is 7.44. The summed E-state index contributed by atoms with van der Waals surface area (Å²) in [6.45, 7) is 14.9. The molecule has 1 rings (SSSR count). The summed E-state index contributed by atoms with van der Waals surface area (Å²) in [5.41, 5.74) is 3.28. The zero-order chi connectivity index (χ0) is 15.3. The van der Waals surface area contributed by atoms with Crippen molar-refractivity contribution in [2.75, 3.05) is 13.1 Å². The molecule has 20 heavy (non-hydrogen) atoms. The van der Waals surface area contributed by atoms with Crippen LogP contribution in [0.25, 0.3) is 0 Å². The van der Waals surface area contributed by atoms with Gasteiger partial charge in [0.05, 0.1) is 5.69 Å². The minimum atomic E-state index is 0.129. The van der Waals surface area contributed by atoms with Crippen LogP contribution in [-0.2, 0) is 17.9 Å². The molecule has 0 unspecified atom stereocenters. The van der Waals surface area contributed by atoms with Crippen molar-refractivity contribution in [3.8, 4) is 0 Å². The Bertz CT molecular complexity index is 447. The Labute approximate surface area is 122 Å². The number of aromatic nitrogens is 2. The first kappa shape index (κ1) is 16.7. The third kappa shape index (κ3) is 4.07. The molecule has 5 heteroatoms. The summed E-state index contributed by atoms with van der Waals surface area (Å²) in [6, 6.07) is 0.439. The standard InChI is InChI=1S/C15H28N4O/c1-7-18(8-2)15(20)10-19-13(6)14(12(5)17-19)9-16-11(3)4/h11,16H,7-10H2,1-6H3. The van der Waals surface area contributed by atoms with E-state index in [1.807, 2.05) is 37.3 Å². The molecule has 1 aromatic heterocycles. The van der Waals surface area contributed by atoms with Crippen molar-refractivity contribution in [1.82, 2.24) is 20.0 Å². The monoisotopic (exact) mass is 280 g/mol. The van der Waals surface area contributed by atoms with Crippen molar-refractivity contribution in [2.45, 2.75) is 60.7 Å². The van der Waals surface area contributed by atoms with Gasteiger partial charge in [0, 0.05) is 36.9 Å². The van der Waals surface area contributed by atoms with Gasteiger partial charge in [0.1, 0.15) is 6.54 Å². The highest BCUT2D eigenvalue weighted by molar-refractivity contribution is 5.75. The van der Waals surface area contributed by atoms with Gasteiger partial charge in [-0.05, 0) is 27.7 Å². The molecule has 0 aliphatic carbocycles. The van der Waals surface area contributed by atoms with Crippen LogP contribution in [0.5, 0.6) is 0 Å². The maximum absolute atomic E-state index is 12.2. The van der Waals surface area contributed by atoms with Gasteiger partial charge in [0.15, 0.2) is 0 Å². The van der Waals surface area contributed by atoms with Crippen LogP contribution in [0.15, 0.2) is 0 Å². The second-order valence-electron chi connectivity index (χ2n) is 5.41. The van der Waals surface area contributed by atoms with Crippen LogP contribution in [-0.4, -0.2) is 39.7 Å². The first-order valence-electron chi connectivity index (χ1n) is 7.44. The summed E-state index contributed by atoms with van der Waals surface area (Å²) >= 11 is 0. The molecule has 0 fully saturated rings. The summed E-state index contributed by atoms with van der Waals surface area (Å²) < 4.78 is 1.83. The second-order valence-corrected chi connectivity index (χ2v) is 5.41. The fourth-order valence-electron chi connectivity index (χ4n) is 2.25. The molecule has 0 saturated carbocycles. The molecule has 0 aromatic carbocycles. The smallest absolute Gasteiger partial charge is 0.244 e. The van der Waals surface area contributed by atoms with E-state index >= 15 is 0 Å². The molecule has 0 bridgehead atoms. The molecular weight excluding hydrogens is 252 g/mol. The molecule has 0 radical (unpaired) electrons. The van der Waals surface area contributed by atoms with Gasteiger partial charge < -0.3 is 10.2 Å². The van der Waals surface area contributed by atoms with Crippen molar-refractivity contribution >= 4 is 5.91 Å². The molecule has 1 aromatic rings. The van der Waals surface area contributed by atoms with Crippen molar-refractivity contribution in [1.29, 1.82) is 0 Å². The molecule has 0 atom stereocenters. The lowest BCUT2D eigenvalue weighted by Gasteiger charge is -2.19. The lowest BCUT2D eigenvalue weighted by atomic mass is 10.2. The van der Waals surface area contributed by atoms with E-state index in [1.54, 1.807) is 0 Å². The normalized spacial score (nSPS) is 11.2. The zero-order valence-corrected chi connectivity index (χ0v) is 13.7. The summed E-state index contributed by atoms with van der Waals surface area (Å²) in [7, 11) is 0. The third-order valence-corrected chi connectivity index (χ3v) is 3.62. The van der Waals surface area contributed by atoms with E-state index in [0.717, 1.165) is 31.0 Å². The molecule has 114 valence electrons. The number of nitrogens with one attached hydrogen (secondary N) is 1. The number of hydrogen-bond donors (Lipinski definition) is 1. The molecule has 1 N–H and O–H groups in total. The van der Waals surface area contributed by atoms with Gasteiger partial charge in [-0.2, -0.15) is 5.10 Å². The maximum Gasteiger partial charge on any atom is 0.244 e. The van der Waals surface area contributed by atoms with Gasteiger partial charge in [-0.25, -0.2) is 0 Å². The highest BCUT2D eigenvalue weighted by Gasteiger charge is 2.16. The van der Waals surface area contributed by atoms with E-state index in [2.05, 4.69) is 24.3 Å². The average Bonchev–Trinajstić information content (AvgIpc) is 2.63. The molecule has 0 aliphatic heterocycles. The minimum absolute atomic E-state index is 0.129. The highest BCUT2D eigenvalue weighted by atomic mass is 16.2. The fourth-order valence-corrected chi connectivity index (χ4v) is 2.25. The minimum Gasteiger partial charge on any atom is -0.342 e. The molecule has 1 amide bonds. The van der Waals surface area contributed by atoms with Gasteiger partial charge >= 0.3 is 0 Å². The maximum atomic E-state index is 12.2. The number of carbonyl (C=O) groups excluding carboxylic acids is 1. The quantitative estimate of drug-likeness (QED) is 0.829. The van der Waals surface area contributed by atoms with Crippen molar-refractivity contribution < 1.29 is 4.79 Å². The van der Waals surface area contributed by atoms with E-state index in [1.165, 1.54) is 5.56 Å². The average molecular weight is 280 g/mol. The molecule has 0 spiro atoms. The molecule has 1 heterocycles. The van der Waals surface area contributed by atoms with Gasteiger partial charge in [0.25, 0.3) is 0 Å². The number of hydrogen-bond acceptors (Lipinski definition) is 3. The number of rotatable bonds is 7. The Balaban J connectivity index is 2.82. The molecule has 0 aliphatic rings. The SMILES string of the molecule is CCN(CC)C(=O)Cn1nc(C)c(CNC(C)C)c1C. The topological polar surface area (TPSA) is 50.2 Å². The van der Waals surface area contributed by atoms with E-state index in [-0.39, 0.29) is 5.91 Å². The van der Waals surface area contributed by atoms with Crippen LogP contribution in [0.2, 0.25) is 0 Å². The van der Waals surface area contributed by atoms with Gasteiger partial charge in [-0.3, -0.25) is 9.48 Å². The Morgan fingerprint density at radius 2 is 1.90 bits per heavy atom. The second kappa shape index (κ2) is 7.43. The van der Waals surface area contributed by atoms with Crippen LogP contribution < -0.4 is 5.32 Å². The number of likely N-dealkylation sites (N-methyl/N-ethyl adjacent to an activating group) is 1. The van der Waals surface area contributed by atoms with Crippen LogP contribution in [0.1, 0.15) is 44.6 Å². The van der Waals surface area contributed by atoms with Gasteiger partial charge in [0.2, 0.25) is 5.91 Å². The van der Waals surface area contributed by atoms with Crippen molar-refractivity contribution in [2.24, 2.45) is 0 Å². The van der Waals surface area contributed by atoms with Crippen LogP contribution in [0.3, 0.4) is 0 Å². The van der Waals surface area contributed by atoms with Gasteiger partial charge in [-0.15, -0.1) is 0 Å². The van der Waals surface area contributed by atoms with E-state index < -0.39 is 0 Å². The molecular formula is C15H28N4O. The van der Waals surface area contributed by atoms with Crippen molar-refractivity contribution in [3.63, 3.8) is 0 Å². The van der Waals surface area contributed by atoms with Crippen LogP contribution in [0, 0.1) is 13.8 Å². The van der Waals surface area contributed by atoms with Crippen LogP contribution >= 0.6 is 0 Å². The van der Waals surface area contributed by atoms with E-state index in [0.29, 0.717) is 12.6 Å². The number of amides is 1. The number of carbonyl (C=O) groups is 1. The summed E-state index contributed by atoms with van der Waals surface area (Å²) in [4.78, 5) is 14.0. The zero-order valence-electron chi connectivity index (χ0n) is 13.7. The van der Waals surface area contributed by atoms with E-state index in [4.69, 9.17) is 0 Å². The lowest BCUT2D eigenvalue weighted by molar-refractivity contribution is -0.131. The summed E-state index contributed by atoms with van der Waals surface area (Å²) in [5, 5.41) is 7.91. The fraction of sp³-hybridized carbons (Fsp3) is 0.733. The summed E-state index contributed by atoms with van der Waals surface area (Å²) in [5.74, 6) is 0.129. The predicted octanol–water partition coefficient (Wildman–Crippen LogP) is 1.87. The van der Waals surface area contributed by atoms with Gasteiger partial charge in [-0.1, -0.05) is 13.8 Å².